The van der Waals surface area contributed by atoms with Crippen LogP contribution in [0.4, 0.5) is 10.1 Å². The predicted octanol–water partition coefficient (Wildman–Crippen LogP) is 4.10. The molecule has 0 fully saturated rings. The Morgan fingerprint density at radius 3 is 2.30 bits per heavy atom. The van der Waals surface area contributed by atoms with E-state index < -0.39 is 11.9 Å². The number of nitrogens with one attached hydrogen (secondary N) is 2. The number of benzene rings is 1. The van der Waals surface area contributed by atoms with Crippen LogP contribution in [0.15, 0.2) is 12.1 Å². The highest BCUT2D eigenvalue weighted by Gasteiger charge is 2.16. The number of rotatable bonds is 6. The number of hydrogen-bond acceptors (Lipinski definition) is 2. The average Bonchev–Trinajstić information content (AvgIpc) is 2.32. The number of amides is 1. The van der Waals surface area contributed by atoms with Gasteiger partial charge in [-0.3, -0.25) is 4.79 Å². The monoisotopic (exact) mass is 320 g/mol. The van der Waals surface area contributed by atoms with Crippen LogP contribution in [0.25, 0.3) is 0 Å². The van der Waals surface area contributed by atoms with Crippen molar-refractivity contribution in [2.45, 2.75) is 33.2 Å². The minimum Gasteiger partial charge on any atom is -0.371 e. The largest absolute Gasteiger partial charge is 0.371 e. The Balaban J connectivity index is 2.62. The maximum Gasteiger partial charge on any atom is 0.242 e. The Kier molecular flexibility index (Phi) is 6.56. The number of halogens is 3. The van der Waals surface area contributed by atoms with Gasteiger partial charge in [-0.05, 0) is 31.4 Å². The molecule has 6 heteroatoms. The first kappa shape index (κ1) is 17.1. The molecule has 0 aliphatic carbocycles. The lowest BCUT2D eigenvalue weighted by molar-refractivity contribution is -0.121. The lowest BCUT2D eigenvalue weighted by Crippen LogP contribution is -2.38. The zero-order chi connectivity index (χ0) is 15.3. The summed E-state index contributed by atoms with van der Waals surface area (Å²) in [6.07, 6.45) is 0.913. The summed E-state index contributed by atoms with van der Waals surface area (Å²) < 4.78 is 13.1. The SMILES string of the molecule is CC(C)CCNC(=O)C(C)Nc1c(Cl)cc(F)cc1Cl. The highest BCUT2D eigenvalue weighted by molar-refractivity contribution is 6.39. The van der Waals surface area contributed by atoms with Crippen LogP contribution in [0.1, 0.15) is 27.2 Å². The molecule has 112 valence electrons. The van der Waals surface area contributed by atoms with Gasteiger partial charge < -0.3 is 10.6 Å². The van der Waals surface area contributed by atoms with E-state index in [0.717, 1.165) is 18.6 Å². The van der Waals surface area contributed by atoms with Crippen LogP contribution in [-0.2, 0) is 4.79 Å². The first-order valence-corrected chi connectivity index (χ1v) is 7.25. The van der Waals surface area contributed by atoms with Gasteiger partial charge in [0, 0.05) is 6.54 Å². The van der Waals surface area contributed by atoms with E-state index >= 15 is 0 Å². The van der Waals surface area contributed by atoms with Crippen molar-refractivity contribution in [3.8, 4) is 0 Å². The number of carbonyl (C=O) groups is 1. The lowest BCUT2D eigenvalue weighted by Gasteiger charge is -2.17. The lowest BCUT2D eigenvalue weighted by atomic mass is 10.1. The smallest absolute Gasteiger partial charge is 0.242 e. The minimum atomic E-state index is -0.514. The Morgan fingerprint density at radius 2 is 1.80 bits per heavy atom. The molecule has 0 aromatic heterocycles. The van der Waals surface area contributed by atoms with Crippen molar-refractivity contribution in [2.24, 2.45) is 5.92 Å². The van der Waals surface area contributed by atoms with Gasteiger partial charge in [0.15, 0.2) is 0 Å². The third-order valence-electron chi connectivity index (χ3n) is 2.78. The van der Waals surface area contributed by atoms with Crippen molar-refractivity contribution >= 4 is 34.8 Å². The molecule has 0 aliphatic rings. The predicted molar refractivity (Wildman–Crippen MR) is 82.0 cm³/mol. The highest BCUT2D eigenvalue weighted by Crippen LogP contribution is 2.31. The van der Waals surface area contributed by atoms with Gasteiger partial charge in [-0.15, -0.1) is 0 Å². The van der Waals surface area contributed by atoms with Gasteiger partial charge in [0.1, 0.15) is 11.9 Å². The van der Waals surface area contributed by atoms with E-state index in [-0.39, 0.29) is 16.0 Å². The molecule has 0 saturated heterocycles. The average molecular weight is 321 g/mol. The zero-order valence-electron chi connectivity index (χ0n) is 11.8. The second-order valence-corrected chi connectivity index (χ2v) is 5.90. The van der Waals surface area contributed by atoms with Gasteiger partial charge in [-0.25, -0.2) is 4.39 Å². The molecule has 20 heavy (non-hydrogen) atoms. The molecular weight excluding hydrogens is 302 g/mol. The first-order valence-electron chi connectivity index (χ1n) is 6.50. The number of carbonyl (C=O) groups excluding carboxylic acids is 1. The molecule has 0 spiro atoms. The second kappa shape index (κ2) is 7.70. The van der Waals surface area contributed by atoms with Gasteiger partial charge in [-0.1, -0.05) is 37.0 Å². The van der Waals surface area contributed by atoms with E-state index in [1.54, 1.807) is 6.92 Å². The molecule has 0 saturated carbocycles. The van der Waals surface area contributed by atoms with Crippen LogP contribution in [-0.4, -0.2) is 18.5 Å². The molecule has 0 aliphatic heterocycles. The maximum absolute atomic E-state index is 13.1. The fourth-order valence-electron chi connectivity index (χ4n) is 1.60. The summed E-state index contributed by atoms with van der Waals surface area (Å²) in [6.45, 7) is 6.49. The molecule has 1 amide bonds. The quantitative estimate of drug-likeness (QED) is 0.828. The molecular formula is C14H19Cl2FN2O. The fourth-order valence-corrected chi connectivity index (χ4v) is 2.17. The van der Waals surface area contributed by atoms with Crippen LogP contribution < -0.4 is 10.6 Å². The van der Waals surface area contributed by atoms with Crippen molar-refractivity contribution in [1.82, 2.24) is 5.32 Å². The number of hydrogen-bond donors (Lipinski definition) is 2. The van der Waals surface area contributed by atoms with Crippen LogP contribution in [0.3, 0.4) is 0 Å². The van der Waals surface area contributed by atoms with Crippen molar-refractivity contribution in [1.29, 1.82) is 0 Å². The third kappa shape index (κ3) is 5.17. The van der Waals surface area contributed by atoms with Crippen LogP contribution in [0.2, 0.25) is 10.0 Å². The maximum atomic E-state index is 13.1. The van der Waals surface area contributed by atoms with Gasteiger partial charge in [-0.2, -0.15) is 0 Å². The topological polar surface area (TPSA) is 41.1 Å². The van der Waals surface area contributed by atoms with Crippen molar-refractivity contribution < 1.29 is 9.18 Å². The molecule has 1 aromatic carbocycles. The molecule has 1 rings (SSSR count). The number of anilines is 1. The Hall–Kier alpha value is -1.00. The van der Waals surface area contributed by atoms with Gasteiger partial charge in [0.25, 0.3) is 0 Å². The van der Waals surface area contributed by atoms with Crippen molar-refractivity contribution in [3.63, 3.8) is 0 Å². The van der Waals surface area contributed by atoms with E-state index in [9.17, 15) is 9.18 Å². The molecule has 1 unspecified atom stereocenters. The van der Waals surface area contributed by atoms with Gasteiger partial charge >= 0.3 is 0 Å². The van der Waals surface area contributed by atoms with Crippen LogP contribution in [0, 0.1) is 11.7 Å². The van der Waals surface area contributed by atoms with Crippen molar-refractivity contribution in [2.75, 3.05) is 11.9 Å². The summed E-state index contributed by atoms with van der Waals surface area (Å²) in [6, 6.07) is 1.79. The Labute approximate surface area is 128 Å². The van der Waals surface area contributed by atoms with E-state index in [4.69, 9.17) is 23.2 Å². The third-order valence-corrected chi connectivity index (χ3v) is 3.38. The van der Waals surface area contributed by atoms with E-state index in [2.05, 4.69) is 24.5 Å². The summed E-state index contributed by atoms with van der Waals surface area (Å²) in [7, 11) is 0. The standard InChI is InChI=1S/C14H19Cl2FN2O/c1-8(2)4-5-18-14(20)9(3)19-13-11(15)6-10(17)7-12(13)16/h6-9,19H,4-5H2,1-3H3,(H,18,20). The summed E-state index contributed by atoms with van der Waals surface area (Å²) in [5, 5.41) is 6.02. The molecule has 0 bridgehead atoms. The van der Waals surface area contributed by atoms with Crippen molar-refractivity contribution in [3.05, 3.63) is 28.0 Å². The Bertz CT molecular complexity index is 457. The summed E-state index contributed by atoms with van der Waals surface area (Å²) in [5.74, 6) is -0.138. The molecule has 2 N–H and O–H groups in total. The zero-order valence-corrected chi connectivity index (χ0v) is 13.3. The fraction of sp³-hybridized carbons (Fsp3) is 0.500. The van der Waals surface area contributed by atoms with Crippen LogP contribution >= 0.6 is 23.2 Å². The second-order valence-electron chi connectivity index (χ2n) is 5.08. The van der Waals surface area contributed by atoms with E-state index in [0.29, 0.717) is 18.2 Å². The normalized spacial score (nSPS) is 12.3. The van der Waals surface area contributed by atoms with Crippen LogP contribution in [0.5, 0.6) is 0 Å². The molecule has 0 radical (unpaired) electrons. The van der Waals surface area contributed by atoms with E-state index in [1.807, 2.05) is 0 Å². The molecule has 0 heterocycles. The molecule has 1 aromatic rings. The molecule has 1 atom stereocenters. The minimum absolute atomic E-state index is 0.150. The van der Waals surface area contributed by atoms with Gasteiger partial charge in [0.05, 0.1) is 15.7 Å². The summed E-state index contributed by atoms with van der Waals surface area (Å²) in [4.78, 5) is 11.9. The van der Waals surface area contributed by atoms with Gasteiger partial charge in [0.2, 0.25) is 5.91 Å². The molecule has 3 nitrogen and oxygen atoms in total. The van der Waals surface area contributed by atoms with E-state index in [1.165, 1.54) is 0 Å². The first-order chi connectivity index (χ1) is 9.31. The highest BCUT2D eigenvalue weighted by atomic mass is 35.5. The Morgan fingerprint density at radius 1 is 1.25 bits per heavy atom. The summed E-state index contributed by atoms with van der Waals surface area (Å²) in [5.41, 5.74) is 0.362. The summed E-state index contributed by atoms with van der Waals surface area (Å²) >= 11 is 11.8.